The Bertz CT molecular complexity index is 192. The molecule has 0 aromatic rings. The monoisotopic (exact) mass is 222 g/mol. The molecule has 0 rings (SSSR count). The van der Waals surface area contributed by atoms with Gasteiger partial charge in [0.1, 0.15) is 6.29 Å². The zero-order valence-corrected chi connectivity index (χ0v) is 10.7. The van der Waals surface area contributed by atoms with Crippen LogP contribution in [0.2, 0.25) is 0 Å². The summed E-state index contributed by atoms with van der Waals surface area (Å²) in [5.74, 6) is 0. The van der Waals surface area contributed by atoms with E-state index in [9.17, 15) is 4.79 Å². The second-order valence-electron chi connectivity index (χ2n) is 4.21. The van der Waals surface area contributed by atoms with Gasteiger partial charge in [-0.1, -0.05) is 70.1 Å². The fourth-order valence-corrected chi connectivity index (χ4v) is 1.68. The van der Waals surface area contributed by atoms with E-state index in [-0.39, 0.29) is 0 Å². The van der Waals surface area contributed by atoms with Crippen LogP contribution >= 0.6 is 0 Å². The molecule has 0 spiro atoms. The molecule has 0 radical (unpaired) electrons. The van der Waals surface area contributed by atoms with E-state index in [1.54, 1.807) is 6.08 Å². The predicted molar refractivity (Wildman–Crippen MR) is 71.6 cm³/mol. The second kappa shape index (κ2) is 14.2. The van der Waals surface area contributed by atoms with E-state index < -0.39 is 0 Å². The van der Waals surface area contributed by atoms with E-state index in [2.05, 4.69) is 13.0 Å². The average Bonchev–Trinajstić information content (AvgIpc) is 2.31. The third-order valence-corrected chi connectivity index (χ3v) is 2.66. The van der Waals surface area contributed by atoms with Crippen LogP contribution < -0.4 is 0 Å². The largest absolute Gasteiger partial charge is 0.299 e. The molecule has 0 amide bonds. The Labute approximate surface area is 101 Å². The molecule has 0 aliphatic carbocycles. The van der Waals surface area contributed by atoms with Crippen LogP contribution in [0.4, 0.5) is 0 Å². The molecule has 0 unspecified atom stereocenters. The molecule has 0 aromatic heterocycles. The first kappa shape index (κ1) is 15.2. The predicted octanol–water partition coefficient (Wildman–Crippen LogP) is 4.83. The number of carbonyl (C=O) groups is 1. The van der Waals surface area contributed by atoms with Crippen LogP contribution in [-0.2, 0) is 4.79 Å². The maximum Gasteiger partial charge on any atom is 0.142 e. The van der Waals surface area contributed by atoms with Crippen molar-refractivity contribution in [2.24, 2.45) is 0 Å². The van der Waals surface area contributed by atoms with Crippen molar-refractivity contribution in [1.29, 1.82) is 0 Å². The number of hydrogen-bond donors (Lipinski definition) is 0. The Hall–Kier alpha value is -0.850. The smallest absolute Gasteiger partial charge is 0.142 e. The minimum Gasteiger partial charge on any atom is -0.299 e. The summed E-state index contributed by atoms with van der Waals surface area (Å²) in [6.07, 6.45) is 20.3. The van der Waals surface area contributed by atoms with Crippen molar-refractivity contribution in [3.05, 3.63) is 24.3 Å². The first-order chi connectivity index (χ1) is 7.91. The maximum absolute atomic E-state index is 9.97. The van der Waals surface area contributed by atoms with Crippen molar-refractivity contribution in [2.45, 2.75) is 64.7 Å². The lowest BCUT2D eigenvalue weighted by molar-refractivity contribution is -0.104. The minimum absolute atomic E-state index is 0.806. The third kappa shape index (κ3) is 13.2. The van der Waals surface area contributed by atoms with Crippen LogP contribution in [0, 0.1) is 0 Å². The summed E-state index contributed by atoms with van der Waals surface area (Å²) in [7, 11) is 0. The molecule has 0 N–H and O–H groups in total. The zero-order chi connectivity index (χ0) is 11.9. The Kier molecular flexibility index (Phi) is 13.4. The maximum atomic E-state index is 9.97. The van der Waals surface area contributed by atoms with Gasteiger partial charge in [0.2, 0.25) is 0 Å². The SMILES string of the molecule is CCCCCCCCCC/C=C/C=C/C=O. The molecular formula is C15H26O. The topological polar surface area (TPSA) is 17.1 Å². The van der Waals surface area contributed by atoms with Gasteiger partial charge in [-0.2, -0.15) is 0 Å². The number of carbonyl (C=O) groups excluding carboxylic acids is 1. The second-order valence-corrected chi connectivity index (χ2v) is 4.21. The van der Waals surface area contributed by atoms with Crippen molar-refractivity contribution in [3.63, 3.8) is 0 Å². The lowest BCUT2D eigenvalue weighted by Crippen LogP contribution is -1.79. The van der Waals surface area contributed by atoms with Crippen LogP contribution in [0.1, 0.15) is 64.7 Å². The number of unbranched alkanes of at least 4 members (excludes halogenated alkanes) is 8. The highest BCUT2D eigenvalue weighted by Gasteiger charge is 1.89. The molecule has 0 atom stereocenters. The summed E-state index contributed by atoms with van der Waals surface area (Å²) in [5, 5.41) is 0. The molecule has 0 bridgehead atoms. The van der Waals surface area contributed by atoms with E-state index in [0.29, 0.717) is 0 Å². The van der Waals surface area contributed by atoms with Gasteiger partial charge in [-0.05, 0) is 18.9 Å². The van der Waals surface area contributed by atoms with Crippen molar-refractivity contribution < 1.29 is 4.79 Å². The molecule has 0 aliphatic heterocycles. The summed E-state index contributed by atoms with van der Waals surface area (Å²) < 4.78 is 0. The van der Waals surface area contributed by atoms with Crippen molar-refractivity contribution >= 4 is 6.29 Å². The van der Waals surface area contributed by atoms with E-state index in [1.807, 2.05) is 6.08 Å². The average molecular weight is 222 g/mol. The standard InChI is InChI=1S/C15H26O/c1-2-3-4-5-6-7-8-9-10-11-12-13-14-15-16/h11-15H,2-10H2,1H3/b12-11+,14-13+. The normalized spacial score (nSPS) is 11.6. The summed E-state index contributed by atoms with van der Waals surface area (Å²) in [6, 6.07) is 0. The molecule has 0 aromatic carbocycles. The Morgan fingerprint density at radius 2 is 1.38 bits per heavy atom. The van der Waals surface area contributed by atoms with Gasteiger partial charge in [0.15, 0.2) is 0 Å². The van der Waals surface area contributed by atoms with Gasteiger partial charge in [-0.25, -0.2) is 0 Å². The molecule has 1 heteroatoms. The van der Waals surface area contributed by atoms with Crippen molar-refractivity contribution in [3.8, 4) is 0 Å². The van der Waals surface area contributed by atoms with E-state index in [1.165, 1.54) is 57.4 Å². The van der Waals surface area contributed by atoms with Gasteiger partial charge in [-0.3, -0.25) is 4.79 Å². The molecule has 16 heavy (non-hydrogen) atoms. The molecule has 1 nitrogen and oxygen atoms in total. The van der Waals surface area contributed by atoms with Crippen LogP contribution in [0.5, 0.6) is 0 Å². The van der Waals surface area contributed by atoms with Gasteiger partial charge in [0, 0.05) is 0 Å². The summed E-state index contributed by atoms with van der Waals surface area (Å²) >= 11 is 0. The number of hydrogen-bond acceptors (Lipinski definition) is 1. The number of allylic oxidation sites excluding steroid dienone is 4. The molecule has 0 heterocycles. The van der Waals surface area contributed by atoms with Gasteiger partial charge in [0.05, 0.1) is 0 Å². The quantitative estimate of drug-likeness (QED) is 0.212. The minimum atomic E-state index is 0.806. The molecule has 0 aliphatic rings. The zero-order valence-electron chi connectivity index (χ0n) is 10.7. The van der Waals surface area contributed by atoms with Crippen LogP contribution in [-0.4, -0.2) is 6.29 Å². The fourth-order valence-electron chi connectivity index (χ4n) is 1.68. The van der Waals surface area contributed by atoms with Gasteiger partial charge in [-0.15, -0.1) is 0 Å². The lowest BCUT2D eigenvalue weighted by atomic mass is 10.1. The first-order valence-corrected chi connectivity index (χ1v) is 6.68. The highest BCUT2D eigenvalue weighted by molar-refractivity contribution is 5.65. The fraction of sp³-hybridized carbons (Fsp3) is 0.667. The van der Waals surface area contributed by atoms with Crippen LogP contribution in [0.3, 0.4) is 0 Å². The number of aldehydes is 1. The molecule has 0 fully saturated rings. The summed E-state index contributed by atoms with van der Waals surface area (Å²) in [6.45, 7) is 2.26. The summed E-state index contributed by atoms with van der Waals surface area (Å²) in [4.78, 5) is 9.97. The van der Waals surface area contributed by atoms with Crippen LogP contribution in [0.15, 0.2) is 24.3 Å². The van der Waals surface area contributed by atoms with E-state index in [0.717, 1.165) is 12.7 Å². The van der Waals surface area contributed by atoms with E-state index in [4.69, 9.17) is 0 Å². The third-order valence-electron chi connectivity index (χ3n) is 2.66. The Balaban J connectivity index is 3.06. The Morgan fingerprint density at radius 3 is 2.00 bits per heavy atom. The molecule has 92 valence electrons. The van der Waals surface area contributed by atoms with Gasteiger partial charge in [0.25, 0.3) is 0 Å². The molecule has 0 saturated carbocycles. The van der Waals surface area contributed by atoms with Crippen LogP contribution in [0.25, 0.3) is 0 Å². The first-order valence-electron chi connectivity index (χ1n) is 6.68. The van der Waals surface area contributed by atoms with E-state index >= 15 is 0 Å². The lowest BCUT2D eigenvalue weighted by Gasteiger charge is -1.99. The van der Waals surface area contributed by atoms with Crippen molar-refractivity contribution in [2.75, 3.05) is 0 Å². The highest BCUT2D eigenvalue weighted by atomic mass is 16.1. The summed E-state index contributed by atoms with van der Waals surface area (Å²) in [5.41, 5.74) is 0. The molecule has 0 saturated heterocycles. The van der Waals surface area contributed by atoms with Gasteiger partial charge >= 0.3 is 0 Å². The number of rotatable bonds is 11. The Morgan fingerprint density at radius 1 is 0.750 bits per heavy atom. The highest BCUT2D eigenvalue weighted by Crippen LogP contribution is 2.09. The van der Waals surface area contributed by atoms with Crippen molar-refractivity contribution in [1.82, 2.24) is 0 Å². The molecular weight excluding hydrogens is 196 g/mol. The van der Waals surface area contributed by atoms with Gasteiger partial charge < -0.3 is 0 Å².